The molecule has 0 bridgehead atoms. The molecule has 0 radical (unpaired) electrons. The third-order valence-corrected chi connectivity index (χ3v) is 5.02. The molecule has 18 heavy (non-hydrogen) atoms. The van der Waals surface area contributed by atoms with Crippen molar-refractivity contribution in [3.63, 3.8) is 0 Å². The first kappa shape index (κ1) is 12.1. The van der Waals surface area contributed by atoms with Crippen LogP contribution in [0.15, 0.2) is 12.1 Å². The van der Waals surface area contributed by atoms with E-state index >= 15 is 0 Å². The first-order valence-electron chi connectivity index (χ1n) is 7.59. The molecule has 2 saturated carbocycles. The highest BCUT2D eigenvalue weighted by Crippen LogP contribution is 2.46. The molecule has 3 rings (SSSR count). The van der Waals surface area contributed by atoms with Gasteiger partial charge in [-0.1, -0.05) is 37.8 Å². The van der Waals surface area contributed by atoms with Gasteiger partial charge in [0, 0.05) is 5.56 Å². The molecule has 98 valence electrons. The zero-order valence-electron chi connectivity index (χ0n) is 11.4. The summed E-state index contributed by atoms with van der Waals surface area (Å²) < 4.78 is 0. The maximum Gasteiger partial charge on any atom is 0.122 e. The van der Waals surface area contributed by atoms with Gasteiger partial charge in [-0.2, -0.15) is 0 Å². The molecule has 0 aromatic heterocycles. The molecule has 1 aromatic rings. The van der Waals surface area contributed by atoms with Crippen molar-refractivity contribution in [2.75, 3.05) is 0 Å². The van der Waals surface area contributed by atoms with Crippen LogP contribution in [0.1, 0.15) is 79.9 Å². The Kier molecular flexibility index (Phi) is 3.32. The average molecular weight is 244 g/mol. The standard InChI is InChI=1S/C17H24O/c1-12-10-11-15(13-6-2-3-7-13)17(18)16(12)14-8-4-5-9-14/h10-11,13-14,18H,2-9H2,1H3. The smallest absolute Gasteiger partial charge is 0.122 e. The van der Waals surface area contributed by atoms with E-state index < -0.39 is 0 Å². The Labute approximate surface area is 110 Å². The Morgan fingerprint density at radius 2 is 1.44 bits per heavy atom. The molecular formula is C17H24O. The van der Waals surface area contributed by atoms with Gasteiger partial charge < -0.3 is 5.11 Å². The predicted molar refractivity (Wildman–Crippen MR) is 75.3 cm³/mol. The van der Waals surface area contributed by atoms with E-state index in [2.05, 4.69) is 19.1 Å². The Hall–Kier alpha value is -0.980. The van der Waals surface area contributed by atoms with E-state index in [1.54, 1.807) is 0 Å². The van der Waals surface area contributed by atoms with Crippen molar-refractivity contribution in [3.8, 4) is 5.75 Å². The Bertz CT molecular complexity index is 423. The Morgan fingerprint density at radius 3 is 2.06 bits per heavy atom. The van der Waals surface area contributed by atoms with Crippen molar-refractivity contribution in [3.05, 3.63) is 28.8 Å². The van der Waals surface area contributed by atoms with Crippen LogP contribution in [0.5, 0.6) is 5.75 Å². The first-order chi connectivity index (χ1) is 8.77. The molecule has 0 unspecified atom stereocenters. The maximum atomic E-state index is 10.7. The third-order valence-electron chi connectivity index (χ3n) is 5.02. The highest BCUT2D eigenvalue weighted by Gasteiger charge is 2.26. The normalized spacial score (nSPS) is 21.8. The van der Waals surface area contributed by atoms with Crippen molar-refractivity contribution >= 4 is 0 Å². The van der Waals surface area contributed by atoms with E-state index in [0.29, 0.717) is 17.6 Å². The Balaban J connectivity index is 1.98. The van der Waals surface area contributed by atoms with Gasteiger partial charge in [0.2, 0.25) is 0 Å². The van der Waals surface area contributed by atoms with Crippen LogP contribution in [0.4, 0.5) is 0 Å². The van der Waals surface area contributed by atoms with Gasteiger partial charge in [-0.25, -0.2) is 0 Å². The second-order valence-electron chi connectivity index (χ2n) is 6.20. The lowest BCUT2D eigenvalue weighted by Gasteiger charge is -2.20. The predicted octanol–water partition coefficient (Wildman–Crippen LogP) is 5.02. The van der Waals surface area contributed by atoms with E-state index in [4.69, 9.17) is 0 Å². The van der Waals surface area contributed by atoms with Crippen molar-refractivity contribution in [1.82, 2.24) is 0 Å². The van der Waals surface area contributed by atoms with Crippen LogP contribution in [-0.4, -0.2) is 5.11 Å². The average Bonchev–Trinajstić information content (AvgIpc) is 3.01. The van der Waals surface area contributed by atoms with Crippen molar-refractivity contribution in [1.29, 1.82) is 0 Å². The minimum absolute atomic E-state index is 0.616. The molecule has 0 spiro atoms. The zero-order valence-corrected chi connectivity index (χ0v) is 11.4. The fraction of sp³-hybridized carbons (Fsp3) is 0.647. The van der Waals surface area contributed by atoms with Crippen LogP contribution in [0.2, 0.25) is 0 Å². The summed E-state index contributed by atoms with van der Waals surface area (Å²) in [4.78, 5) is 0. The van der Waals surface area contributed by atoms with Gasteiger partial charge in [-0.15, -0.1) is 0 Å². The highest BCUT2D eigenvalue weighted by atomic mass is 16.3. The molecular weight excluding hydrogens is 220 g/mol. The van der Waals surface area contributed by atoms with E-state index in [1.165, 1.54) is 68.1 Å². The number of aryl methyl sites for hydroxylation is 1. The second-order valence-corrected chi connectivity index (χ2v) is 6.20. The van der Waals surface area contributed by atoms with Gasteiger partial charge in [-0.05, 0) is 55.6 Å². The summed E-state index contributed by atoms with van der Waals surface area (Å²) in [6, 6.07) is 4.42. The van der Waals surface area contributed by atoms with Gasteiger partial charge in [-0.3, -0.25) is 0 Å². The van der Waals surface area contributed by atoms with Crippen molar-refractivity contribution < 1.29 is 5.11 Å². The summed E-state index contributed by atoms with van der Waals surface area (Å²) >= 11 is 0. The van der Waals surface area contributed by atoms with Gasteiger partial charge in [0.1, 0.15) is 5.75 Å². The second kappa shape index (κ2) is 4.95. The van der Waals surface area contributed by atoms with Crippen molar-refractivity contribution in [2.45, 2.75) is 70.1 Å². The maximum absolute atomic E-state index is 10.7. The van der Waals surface area contributed by atoms with Gasteiger partial charge >= 0.3 is 0 Å². The quantitative estimate of drug-likeness (QED) is 0.774. The minimum atomic E-state index is 0.616. The fourth-order valence-electron chi connectivity index (χ4n) is 4.02. The number of aromatic hydroxyl groups is 1. The topological polar surface area (TPSA) is 20.2 Å². The lowest BCUT2D eigenvalue weighted by Crippen LogP contribution is -2.01. The van der Waals surface area contributed by atoms with Gasteiger partial charge in [0.15, 0.2) is 0 Å². The molecule has 0 aliphatic heterocycles. The van der Waals surface area contributed by atoms with Crippen LogP contribution in [0.3, 0.4) is 0 Å². The van der Waals surface area contributed by atoms with Crippen molar-refractivity contribution in [2.24, 2.45) is 0 Å². The summed E-state index contributed by atoms with van der Waals surface area (Å²) in [7, 11) is 0. The molecule has 2 aliphatic carbocycles. The molecule has 0 heterocycles. The van der Waals surface area contributed by atoms with Crippen LogP contribution in [0, 0.1) is 6.92 Å². The number of phenolic OH excluding ortho intramolecular Hbond substituents is 1. The summed E-state index contributed by atoms with van der Waals surface area (Å²) in [6.07, 6.45) is 10.4. The largest absolute Gasteiger partial charge is 0.507 e. The highest BCUT2D eigenvalue weighted by molar-refractivity contribution is 5.49. The summed E-state index contributed by atoms with van der Waals surface area (Å²) in [6.45, 7) is 2.16. The molecule has 0 atom stereocenters. The molecule has 1 nitrogen and oxygen atoms in total. The number of hydrogen-bond acceptors (Lipinski definition) is 1. The molecule has 2 fully saturated rings. The van der Waals surface area contributed by atoms with Crippen LogP contribution in [-0.2, 0) is 0 Å². The Morgan fingerprint density at radius 1 is 0.889 bits per heavy atom. The summed E-state index contributed by atoms with van der Waals surface area (Å²) in [5.74, 6) is 1.88. The number of hydrogen-bond donors (Lipinski definition) is 1. The van der Waals surface area contributed by atoms with Gasteiger partial charge in [0.05, 0.1) is 0 Å². The molecule has 2 aliphatic rings. The fourth-order valence-corrected chi connectivity index (χ4v) is 4.02. The lowest BCUT2D eigenvalue weighted by atomic mass is 9.86. The lowest BCUT2D eigenvalue weighted by molar-refractivity contribution is 0.446. The number of phenols is 1. The SMILES string of the molecule is Cc1ccc(C2CCCC2)c(O)c1C1CCCC1. The number of rotatable bonds is 2. The minimum Gasteiger partial charge on any atom is -0.507 e. The summed E-state index contributed by atoms with van der Waals surface area (Å²) in [5.41, 5.74) is 3.80. The molecule has 0 amide bonds. The molecule has 1 aromatic carbocycles. The van der Waals surface area contributed by atoms with E-state index in [-0.39, 0.29) is 0 Å². The van der Waals surface area contributed by atoms with E-state index in [1.807, 2.05) is 0 Å². The van der Waals surface area contributed by atoms with Crippen LogP contribution < -0.4 is 0 Å². The van der Waals surface area contributed by atoms with E-state index in [0.717, 1.165) is 0 Å². The molecule has 1 N–H and O–H groups in total. The van der Waals surface area contributed by atoms with Gasteiger partial charge in [0.25, 0.3) is 0 Å². The third kappa shape index (κ3) is 2.04. The molecule has 1 heteroatoms. The first-order valence-corrected chi connectivity index (χ1v) is 7.59. The summed E-state index contributed by atoms with van der Waals surface area (Å²) in [5, 5.41) is 10.7. The zero-order chi connectivity index (χ0) is 12.5. The van der Waals surface area contributed by atoms with E-state index in [9.17, 15) is 5.11 Å². The molecule has 0 saturated heterocycles. The monoisotopic (exact) mass is 244 g/mol. The van der Waals surface area contributed by atoms with Crippen LogP contribution >= 0.6 is 0 Å². The number of benzene rings is 1. The van der Waals surface area contributed by atoms with Crippen LogP contribution in [0.25, 0.3) is 0 Å².